The molecule has 1 aliphatic heterocycles. The maximum Gasteiger partial charge on any atom is 0.193 e. The van der Waals surface area contributed by atoms with Gasteiger partial charge in [-0.1, -0.05) is 11.6 Å². The molecule has 0 radical (unpaired) electrons. The third-order valence-electron chi connectivity index (χ3n) is 4.02. The molecule has 1 aromatic carbocycles. The first-order chi connectivity index (χ1) is 11.2. The summed E-state index contributed by atoms with van der Waals surface area (Å²) < 4.78 is 23.5. The highest BCUT2D eigenvalue weighted by Gasteiger charge is 2.40. The van der Waals surface area contributed by atoms with E-state index in [2.05, 4.69) is 10.3 Å². The zero-order chi connectivity index (χ0) is 17.8. The molecule has 8 heteroatoms. The van der Waals surface area contributed by atoms with Crippen LogP contribution in [0.5, 0.6) is 0 Å². The van der Waals surface area contributed by atoms with Crippen LogP contribution in [0.1, 0.15) is 13.8 Å². The first kappa shape index (κ1) is 19.4. The Morgan fingerprint density at radius 1 is 1.38 bits per heavy atom. The van der Waals surface area contributed by atoms with Gasteiger partial charge in [0.15, 0.2) is 15.8 Å². The first-order valence-corrected chi connectivity index (χ1v) is 10.8. The lowest BCUT2D eigenvalue weighted by molar-refractivity contribution is 0.354. The maximum absolute atomic E-state index is 12.1. The zero-order valence-electron chi connectivity index (χ0n) is 14.3. The molecule has 1 saturated heterocycles. The molecule has 5 nitrogen and oxygen atoms in total. The highest BCUT2D eigenvalue weighted by atomic mass is 35.5. The Bertz CT molecular complexity index is 688. The van der Waals surface area contributed by atoms with E-state index >= 15 is 0 Å². The van der Waals surface area contributed by atoms with Gasteiger partial charge >= 0.3 is 0 Å². The third-order valence-corrected chi connectivity index (χ3v) is 7.82. The summed E-state index contributed by atoms with van der Waals surface area (Å²) in [5.74, 6) is 1.81. The number of aliphatic imine (C=N–C) groups is 1. The molecule has 0 unspecified atom stereocenters. The Labute approximate surface area is 153 Å². The number of nitrogens with zero attached hydrogens (tertiary/aromatic N) is 2. The molecule has 1 fully saturated rings. The molecule has 0 aromatic heterocycles. The highest BCUT2D eigenvalue weighted by Crippen LogP contribution is 2.24. The number of hydrogen-bond acceptors (Lipinski definition) is 4. The molecule has 0 spiro atoms. The van der Waals surface area contributed by atoms with Crippen molar-refractivity contribution in [3.8, 4) is 0 Å². The van der Waals surface area contributed by atoms with Crippen LogP contribution in [-0.4, -0.2) is 62.2 Å². The molecule has 1 N–H and O–H groups in total. The lowest BCUT2D eigenvalue weighted by Gasteiger charge is -2.39. The van der Waals surface area contributed by atoms with Crippen LogP contribution >= 0.6 is 23.4 Å². The van der Waals surface area contributed by atoms with Crippen LogP contribution in [0.15, 0.2) is 34.2 Å². The quantitative estimate of drug-likeness (QED) is 0.371. The van der Waals surface area contributed by atoms with E-state index in [0.29, 0.717) is 13.1 Å². The average molecular weight is 390 g/mol. The van der Waals surface area contributed by atoms with Gasteiger partial charge in [-0.2, -0.15) is 0 Å². The molecular weight excluding hydrogens is 366 g/mol. The summed E-state index contributed by atoms with van der Waals surface area (Å²) in [4.78, 5) is 7.48. The minimum Gasteiger partial charge on any atom is -0.355 e. The maximum atomic E-state index is 12.1. The number of nitrogens with one attached hydrogen (secondary N) is 1. The van der Waals surface area contributed by atoms with Gasteiger partial charge < -0.3 is 10.2 Å². The molecule has 0 bridgehead atoms. The van der Waals surface area contributed by atoms with Gasteiger partial charge in [0.25, 0.3) is 0 Å². The predicted molar refractivity (Wildman–Crippen MR) is 103 cm³/mol. The van der Waals surface area contributed by atoms with Gasteiger partial charge in [-0.3, -0.25) is 4.99 Å². The number of halogens is 1. The van der Waals surface area contributed by atoms with Gasteiger partial charge in [-0.15, -0.1) is 11.8 Å². The van der Waals surface area contributed by atoms with Gasteiger partial charge in [0.1, 0.15) is 0 Å². The van der Waals surface area contributed by atoms with Gasteiger partial charge in [0, 0.05) is 42.4 Å². The fourth-order valence-corrected chi connectivity index (χ4v) is 4.78. The summed E-state index contributed by atoms with van der Waals surface area (Å²) in [5, 5.41) is 4.06. The van der Waals surface area contributed by atoms with Crippen molar-refractivity contribution in [2.75, 3.05) is 38.2 Å². The number of hydrogen-bond donors (Lipinski definition) is 1. The van der Waals surface area contributed by atoms with Gasteiger partial charge in [0.2, 0.25) is 0 Å². The van der Waals surface area contributed by atoms with Crippen molar-refractivity contribution in [3.05, 3.63) is 29.3 Å². The summed E-state index contributed by atoms with van der Waals surface area (Å²) in [6.45, 7) is 5.25. The Kier molecular flexibility index (Phi) is 6.45. The second kappa shape index (κ2) is 7.97. The van der Waals surface area contributed by atoms with E-state index < -0.39 is 14.6 Å². The van der Waals surface area contributed by atoms with E-state index in [0.717, 1.165) is 23.3 Å². The molecule has 134 valence electrons. The average Bonchev–Trinajstić information content (AvgIpc) is 2.52. The second-order valence-electron chi connectivity index (χ2n) is 6.28. The van der Waals surface area contributed by atoms with Crippen molar-refractivity contribution >= 4 is 39.2 Å². The summed E-state index contributed by atoms with van der Waals surface area (Å²) in [5.41, 5.74) is 0. The lowest BCUT2D eigenvalue weighted by Crippen LogP contribution is -2.57. The van der Waals surface area contributed by atoms with Crippen molar-refractivity contribution in [1.82, 2.24) is 10.2 Å². The predicted octanol–water partition coefficient (Wildman–Crippen LogP) is 2.52. The smallest absolute Gasteiger partial charge is 0.193 e. The molecular formula is C16H24ClN3O2S2. The van der Waals surface area contributed by atoms with E-state index in [-0.39, 0.29) is 5.75 Å². The third kappa shape index (κ3) is 4.80. The first-order valence-electron chi connectivity index (χ1n) is 7.81. The molecule has 1 heterocycles. The molecule has 0 amide bonds. The molecule has 0 aliphatic carbocycles. The summed E-state index contributed by atoms with van der Waals surface area (Å²) in [7, 11) is -1.31. The molecule has 0 saturated carbocycles. The molecule has 1 aliphatic rings. The largest absolute Gasteiger partial charge is 0.355 e. The van der Waals surface area contributed by atoms with E-state index in [1.165, 1.54) is 4.90 Å². The van der Waals surface area contributed by atoms with Crippen LogP contribution < -0.4 is 5.32 Å². The fourth-order valence-electron chi connectivity index (χ4n) is 2.52. The Hall–Kier alpha value is -0.920. The Morgan fingerprint density at radius 3 is 2.62 bits per heavy atom. The lowest BCUT2D eigenvalue weighted by atomic mass is 10.2. The molecule has 0 atom stereocenters. The van der Waals surface area contributed by atoms with Crippen molar-refractivity contribution in [3.63, 3.8) is 0 Å². The molecule has 24 heavy (non-hydrogen) atoms. The minimum atomic E-state index is -3.04. The molecule has 2 rings (SSSR count). The topological polar surface area (TPSA) is 61.8 Å². The van der Waals surface area contributed by atoms with Crippen molar-refractivity contribution < 1.29 is 8.42 Å². The number of rotatable bonds is 4. The highest BCUT2D eigenvalue weighted by molar-refractivity contribution is 7.99. The molecule has 1 aromatic rings. The van der Waals surface area contributed by atoms with Crippen molar-refractivity contribution in [2.45, 2.75) is 23.5 Å². The van der Waals surface area contributed by atoms with Crippen LogP contribution in [-0.2, 0) is 9.84 Å². The zero-order valence-corrected chi connectivity index (χ0v) is 16.6. The summed E-state index contributed by atoms with van der Waals surface area (Å²) in [6.07, 6.45) is 0. The normalized spacial score (nSPS) is 20.0. The second-order valence-corrected chi connectivity index (χ2v) is 10.6. The number of thioether (sulfide) groups is 1. The van der Waals surface area contributed by atoms with Crippen molar-refractivity contribution in [2.24, 2.45) is 4.99 Å². The van der Waals surface area contributed by atoms with Crippen LogP contribution in [0.25, 0.3) is 0 Å². The minimum absolute atomic E-state index is 0.167. The van der Waals surface area contributed by atoms with Crippen LogP contribution in [0.3, 0.4) is 0 Å². The standard InChI is InChI=1S/C16H24ClN3O2S2/c1-16(2)12-20(9-11-24(16,21)22)15(18-3)19-8-10-23-14-6-4-13(17)5-7-14/h4-7H,8-12H2,1-3H3,(H,18,19). The van der Waals surface area contributed by atoms with Gasteiger partial charge in [0.05, 0.1) is 10.5 Å². The van der Waals surface area contributed by atoms with E-state index in [9.17, 15) is 8.42 Å². The van der Waals surface area contributed by atoms with Crippen LogP contribution in [0.4, 0.5) is 0 Å². The van der Waals surface area contributed by atoms with Gasteiger partial charge in [-0.05, 0) is 38.1 Å². The van der Waals surface area contributed by atoms with Gasteiger partial charge in [-0.25, -0.2) is 8.42 Å². The van der Waals surface area contributed by atoms with E-state index in [1.807, 2.05) is 29.2 Å². The van der Waals surface area contributed by atoms with Crippen molar-refractivity contribution in [1.29, 1.82) is 0 Å². The Morgan fingerprint density at radius 2 is 2.04 bits per heavy atom. The van der Waals surface area contributed by atoms with Crippen LogP contribution in [0, 0.1) is 0 Å². The number of guanidine groups is 1. The van der Waals surface area contributed by atoms with Crippen LogP contribution in [0.2, 0.25) is 5.02 Å². The fraction of sp³-hybridized carbons (Fsp3) is 0.562. The summed E-state index contributed by atoms with van der Waals surface area (Å²) in [6, 6.07) is 7.76. The van der Waals surface area contributed by atoms with E-state index in [4.69, 9.17) is 11.6 Å². The Balaban J connectivity index is 1.84. The van der Waals surface area contributed by atoms with E-state index in [1.54, 1.807) is 32.7 Å². The number of sulfone groups is 1. The SMILES string of the molecule is CN=C(NCCSc1ccc(Cl)cc1)N1CCS(=O)(=O)C(C)(C)C1. The number of benzene rings is 1. The summed E-state index contributed by atoms with van der Waals surface area (Å²) >= 11 is 7.61. The monoisotopic (exact) mass is 389 g/mol.